The first-order valence-electron chi connectivity index (χ1n) is 10.6. The van der Waals surface area contributed by atoms with Crippen LogP contribution in [-0.2, 0) is 12.6 Å². The molecule has 0 saturated carbocycles. The summed E-state index contributed by atoms with van der Waals surface area (Å²) in [6, 6.07) is 10.7. The zero-order valence-corrected chi connectivity index (χ0v) is 18.9. The van der Waals surface area contributed by atoms with Crippen molar-refractivity contribution in [3.05, 3.63) is 81.4 Å². The first kappa shape index (κ1) is 23.6. The number of thiazole rings is 1. The van der Waals surface area contributed by atoms with Gasteiger partial charge in [0.15, 0.2) is 5.13 Å². The molecule has 0 fully saturated rings. The van der Waals surface area contributed by atoms with E-state index < -0.39 is 17.6 Å². The Kier molecular flexibility index (Phi) is 6.52. The van der Waals surface area contributed by atoms with Crippen molar-refractivity contribution in [1.29, 1.82) is 0 Å². The lowest BCUT2D eigenvalue weighted by Gasteiger charge is -2.13. The van der Waals surface area contributed by atoms with Gasteiger partial charge in [0.25, 0.3) is 17.7 Å². The molecule has 0 radical (unpaired) electrons. The van der Waals surface area contributed by atoms with Gasteiger partial charge in [-0.3, -0.25) is 24.6 Å². The fourth-order valence-electron chi connectivity index (χ4n) is 3.69. The van der Waals surface area contributed by atoms with Gasteiger partial charge in [0, 0.05) is 17.0 Å². The van der Waals surface area contributed by atoms with E-state index in [1.807, 2.05) is 6.92 Å². The van der Waals surface area contributed by atoms with Crippen molar-refractivity contribution in [1.82, 2.24) is 9.88 Å². The molecule has 0 unspecified atom stereocenters. The lowest BCUT2D eigenvalue weighted by atomic mass is 10.1. The van der Waals surface area contributed by atoms with E-state index in [-0.39, 0.29) is 17.4 Å². The summed E-state index contributed by atoms with van der Waals surface area (Å²) in [5, 5.41) is 2.98. The van der Waals surface area contributed by atoms with Crippen molar-refractivity contribution in [3.8, 4) is 0 Å². The van der Waals surface area contributed by atoms with Crippen LogP contribution in [0.4, 0.5) is 18.3 Å². The van der Waals surface area contributed by atoms with Crippen molar-refractivity contribution < 1.29 is 27.6 Å². The van der Waals surface area contributed by atoms with Crippen LogP contribution in [0.25, 0.3) is 0 Å². The standard InChI is InChI=1S/C24H20F3N3O3S/c1-14-19(8-4-5-13-30-21(32)17-6-2-3-7-18(17)22(30)33)34-23(28-14)29-20(31)15-9-11-16(12-10-15)24(25,26)27/h2-3,6-7,9-12H,4-5,8,13H2,1H3,(H,28,29,31). The van der Waals surface area contributed by atoms with E-state index in [2.05, 4.69) is 10.3 Å². The average molecular weight is 488 g/mol. The fourth-order valence-corrected chi connectivity index (χ4v) is 4.69. The minimum Gasteiger partial charge on any atom is -0.298 e. The molecule has 0 saturated heterocycles. The van der Waals surface area contributed by atoms with Gasteiger partial charge in [0.1, 0.15) is 0 Å². The maximum Gasteiger partial charge on any atom is 0.416 e. The largest absolute Gasteiger partial charge is 0.416 e. The number of nitrogens with one attached hydrogen (secondary N) is 1. The van der Waals surface area contributed by atoms with E-state index in [1.54, 1.807) is 24.3 Å². The molecule has 0 spiro atoms. The molecule has 176 valence electrons. The molecule has 3 amide bonds. The Hall–Kier alpha value is -3.53. The predicted molar refractivity (Wildman–Crippen MR) is 121 cm³/mol. The van der Waals surface area contributed by atoms with Crippen LogP contribution in [-0.4, -0.2) is 34.2 Å². The molecule has 2 aromatic carbocycles. The van der Waals surface area contributed by atoms with Gasteiger partial charge in [-0.1, -0.05) is 12.1 Å². The highest BCUT2D eigenvalue weighted by atomic mass is 32.1. The van der Waals surface area contributed by atoms with Crippen LogP contribution in [0.15, 0.2) is 48.5 Å². The molecular weight excluding hydrogens is 467 g/mol. The Morgan fingerprint density at radius 3 is 2.21 bits per heavy atom. The number of halogens is 3. The second kappa shape index (κ2) is 9.38. The normalized spacial score (nSPS) is 13.4. The third-order valence-corrected chi connectivity index (χ3v) is 6.63. The van der Waals surface area contributed by atoms with Crippen molar-refractivity contribution in [2.45, 2.75) is 32.4 Å². The average Bonchev–Trinajstić information content (AvgIpc) is 3.27. The second-order valence-electron chi connectivity index (χ2n) is 7.82. The van der Waals surface area contributed by atoms with Crippen LogP contribution >= 0.6 is 11.3 Å². The van der Waals surface area contributed by atoms with Crippen molar-refractivity contribution in [3.63, 3.8) is 0 Å². The number of carbonyl (C=O) groups is 3. The fraction of sp³-hybridized carbons (Fsp3) is 0.250. The number of rotatable bonds is 7. The molecule has 4 rings (SSSR count). The summed E-state index contributed by atoms with van der Waals surface area (Å²) < 4.78 is 38.1. The zero-order valence-electron chi connectivity index (χ0n) is 18.1. The van der Waals surface area contributed by atoms with Crippen LogP contribution in [0.3, 0.4) is 0 Å². The summed E-state index contributed by atoms with van der Waals surface area (Å²) in [4.78, 5) is 43.7. The van der Waals surface area contributed by atoms with Gasteiger partial charge in [-0.05, 0) is 62.6 Å². The lowest BCUT2D eigenvalue weighted by molar-refractivity contribution is -0.137. The summed E-state index contributed by atoms with van der Waals surface area (Å²) in [5.74, 6) is -1.09. The quantitative estimate of drug-likeness (QED) is 0.360. The number of anilines is 1. The Bertz CT molecular complexity index is 1220. The monoisotopic (exact) mass is 487 g/mol. The first-order chi connectivity index (χ1) is 16.1. The Morgan fingerprint density at radius 1 is 1.00 bits per heavy atom. The van der Waals surface area contributed by atoms with Crippen molar-refractivity contribution >= 4 is 34.2 Å². The van der Waals surface area contributed by atoms with Crippen molar-refractivity contribution in [2.24, 2.45) is 0 Å². The molecule has 0 atom stereocenters. The third-order valence-electron chi connectivity index (χ3n) is 5.50. The molecule has 1 aliphatic heterocycles. The Labute approximate surface area is 197 Å². The maximum atomic E-state index is 12.7. The number of aryl methyl sites for hydroxylation is 2. The number of benzene rings is 2. The number of fused-ring (bicyclic) bond motifs is 1. The zero-order chi connectivity index (χ0) is 24.5. The molecule has 0 bridgehead atoms. The molecule has 2 heterocycles. The first-order valence-corrected chi connectivity index (χ1v) is 11.4. The summed E-state index contributed by atoms with van der Waals surface area (Å²) in [7, 11) is 0. The van der Waals surface area contributed by atoms with E-state index >= 15 is 0 Å². The van der Waals surface area contributed by atoms with Gasteiger partial charge >= 0.3 is 6.18 Å². The SMILES string of the molecule is Cc1nc(NC(=O)c2ccc(C(F)(F)F)cc2)sc1CCCCN1C(=O)c2ccccc2C1=O. The number of amides is 3. The van der Waals surface area contributed by atoms with Gasteiger partial charge < -0.3 is 0 Å². The predicted octanol–water partition coefficient (Wildman–Crippen LogP) is 5.34. The topological polar surface area (TPSA) is 79.4 Å². The summed E-state index contributed by atoms with van der Waals surface area (Å²) in [6.45, 7) is 2.13. The molecule has 1 N–H and O–H groups in total. The van der Waals surface area contributed by atoms with Crippen LogP contribution in [0.2, 0.25) is 0 Å². The number of unbranched alkanes of at least 4 members (excludes halogenated alkanes) is 1. The molecule has 3 aromatic rings. The number of hydrogen-bond acceptors (Lipinski definition) is 5. The second-order valence-corrected chi connectivity index (χ2v) is 8.91. The van der Waals surface area contributed by atoms with Gasteiger partial charge in [-0.15, -0.1) is 11.3 Å². The van der Waals surface area contributed by atoms with E-state index in [0.29, 0.717) is 42.1 Å². The molecule has 0 aliphatic carbocycles. The number of hydrogen-bond donors (Lipinski definition) is 1. The molecule has 1 aromatic heterocycles. The van der Waals surface area contributed by atoms with Gasteiger partial charge in [-0.25, -0.2) is 4.98 Å². The maximum absolute atomic E-state index is 12.7. The molecular formula is C24H20F3N3O3S. The van der Waals surface area contributed by atoms with Crippen LogP contribution in [0.5, 0.6) is 0 Å². The highest BCUT2D eigenvalue weighted by Crippen LogP contribution is 2.30. The van der Waals surface area contributed by atoms with E-state index in [1.165, 1.54) is 16.2 Å². The van der Waals surface area contributed by atoms with Crippen molar-refractivity contribution in [2.75, 3.05) is 11.9 Å². The minimum atomic E-state index is -4.46. The number of imide groups is 1. The smallest absolute Gasteiger partial charge is 0.298 e. The molecule has 10 heteroatoms. The number of carbonyl (C=O) groups excluding carboxylic acids is 3. The number of alkyl halides is 3. The Balaban J connectivity index is 1.29. The third kappa shape index (κ3) is 4.86. The summed E-state index contributed by atoms with van der Waals surface area (Å²) >= 11 is 1.29. The number of aromatic nitrogens is 1. The summed E-state index contributed by atoms with van der Waals surface area (Å²) in [5.41, 5.74) is 0.882. The highest BCUT2D eigenvalue weighted by molar-refractivity contribution is 7.15. The molecule has 34 heavy (non-hydrogen) atoms. The van der Waals surface area contributed by atoms with E-state index in [4.69, 9.17) is 0 Å². The molecule has 6 nitrogen and oxygen atoms in total. The van der Waals surface area contributed by atoms with Gasteiger partial charge in [0.2, 0.25) is 0 Å². The van der Waals surface area contributed by atoms with Crippen LogP contribution < -0.4 is 5.32 Å². The van der Waals surface area contributed by atoms with Crippen LogP contribution in [0, 0.1) is 6.92 Å². The molecule has 1 aliphatic rings. The Morgan fingerprint density at radius 2 is 1.62 bits per heavy atom. The lowest BCUT2D eigenvalue weighted by Crippen LogP contribution is -2.30. The summed E-state index contributed by atoms with van der Waals surface area (Å²) in [6.07, 6.45) is -2.47. The van der Waals surface area contributed by atoms with Gasteiger partial charge in [0.05, 0.1) is 22.4 Å². The van der Waals surface area contributed by atoms with E-state index in [9.17, 15) is 27.6 Å². The van der Waals surface area contributed by atoms with Crippen LogP contribution in [0.1, 0.15) is 60.1 Å². The van der Waals surface area contributed by atoms with E-state index in [0.717, 1.165) is 34.8 Å². The highest BCUT2D eigenvalue weighted by Gasteiger charge is 2.34. The minimum absolute atomic E-state index is 0.100. The van der Waals surface area contributed by atoms with Gasteiger partial charge in [-0.2, -0.15) is 13.2 Å². The number of nitrogens with zero attached hydrogens (tertiary/aromatic N) is 2.